The number of hydrogen-bond acceptors (Lipinski definition) is 7. The van der Waals surface area contributed by atoms with Gasteiger partial charge in [0.05, 0.1) is 12.7 Å². The zero-order chi connectivity index (χ0) is 29.4. The van der Waals surface area contributed by atoms with E-state index in [1.54, 1.807) is 35.2 Å². The average Bonchev–Trinajstić information content (AvgIpc) is 2.90. The summed E-state index contributed by atoms with van der Waals surface area (Å²) in [5, 5.41) is 15.0. The first kappa shape index (κ1) is 30.7. The molecule has 40 heavy (non-hydrogen) atoms. The van der Waals surface area contributed by atoms with Gasteiger partial charge in [-0.15, -0.1) is 0 Å². The van der Waals surface area contributed by atoms with E-state index in [2.05, 4.69) is 26.6 Å². The number of nitrogens with zero attached hydrogens (tertiary/aromatic N) is 1. The molecule has 0 saturated carbocycles. The van der Waals surface area contributed by atoms with Gasteiger partial charge in [0, 0.05) is 29.7 Å². The van der Waals surface area contributed by atoms with Gasteiger partial charge in [-0.1, -0.05) is 18.2 Å². The number of likely N-dealkylation sites (tertiary alicyclic amines) is 1. The molecule has 1 aliphatic rings. The topological polar surface area (TPSA) is 134 Å². The van der Waals surface area contributed by atoms with Gasteiger partial charge in [-0.3, -0.25) is 9.59 Å². The predicted octanol–water partition coefficient (Wildman–Crippen LogP) is 4.52. The lowest BCUT2D eigenvalue weighted by atomic mass is 9.95. The van der Waals surface area contributed by atoms with Crippen LogP contribution >= 0.6 is 15.9 Å². The summed E-state index contributed by atoms with van der Waals surface area (Å²) in [6.07, 6.45) is 2.46. The summed E-state index contributed by atoms with van der Waals surface area (Å²) in [6.45, 7) is 6.57. The predicted molar refractivity (Wildman–Crippen MR) is 152 cm³/mol. The molecule has 0 aliphatic carbocycles. The highest BCUT2D eigenvalue weighted by Gasteiger charge is 2.27. The van der Waals surface area contributed by atoms with Gasteiger partial charge in [0.25, 0.3) is 11.8 Å². The van der Waals surface area contributed by atoms with Gasteiger partial charge in [0.15, 0.2) is 0 Å². The van der Waals surface area contributed by atoms with Crippen LogP contribution in [0.5, 0.6) is 5.75 Å². The van der Waals surface area contributed by atoms with Crippen molar-refractivity contribution in [2.24, 2.45) is 5.92 Å². The minimum absolute atomic E-state index is 0.00283. The van der Waals surface area contributed by atoms with Crippen molar-refractivity contribution >= 4 is 39.8 Å². The maximum absolute atomic E-state index is 13.1. The van der Waals surface area contributed by atoms with Crippen molar-refractivity contribution < 1.29 is 33.8 Å². The Labute approximate surface area is 241 Å². The number of ether oxygens (including phenoxy) is 2. The smallest absolute Gasteiger partial charge is 0.410 e. The fourth-order valence-electron chi connectivity index (χ4n) is 4.06. The maximum atomic E-state index is 13.1. The van der Waals surface area contributed by atoms with E-state index in [1.165, 1.54) is 25.3 Å². The van der Waals surface area contributed by atoms with Crippen LogP contribution in [-0.2, 0) is 20.8 Å². The van der Waals surface area contributed by atoms with E-state index in [4.69, 9.17) is 9.47 Å². The van der Waals surface area contributed by atoms with E-state index in [0.29, 0.717) is 36.0 Å². The largest absolute Gasteiger partial charge is 0.508 e. The summed E-state index contributed by atoms with van der Waals surface area (Å²) in [5.41, 5.74) is 0.701. The van der Waals surface area contributed by atoms with E-state index < -0.39 is 17.5 Å². The van der Waals surface area contributed by atoms with Crippen molar-refractivity contribution in [1.29, 1.82) is 0 Å². The van der Waals surface area contributed by atoms with Crippen LogP contribution in [0.15, 0.2) is 58.7 Å². The number of carbonyl (C=O) groups is 4. The zero-order valence-corrected chi connectivity index (χ0v) is 24.5. The minimum Gasteiger partial charge on any atom is -0.508 e. The van der Waals surface area contributed by atoms with Crippen LogP contribution in [0, 0.1) is 5.92 Å². The normalized spacial score (nSPS) is 14.3. The third kappa shape index (κ3) is 8.84. The number of phenolic OH excluding ortho intramolecular Hbond substituents is 1. The molecule has 0 atom stereocenters. The molecular formula is C29H34BrN3O7. The molecule has 0 radical (unpaired) electrons. The Balaban J connectivity index is 1.63. The highest BCUT2D eigenvalue weighted by atomic mass is 79.9. The van der Waals surface area contributed by atoms with Crippen LogP contribution in [0.1, 0.15) is 59.9 Å². The molecule has 11 heteroatoms. The third-order valence-corrected chi connectivity index (χ3v) is 6.74. The Morgan fingerprint density at radius 3 is 2.38 bits per heavy atom. The molecule has 1 aliphatic heterocycles. The molecule has 0 bridgehead atoms. The maximum Gasteiger partial charge on any atom is 0.410 e. The summed E-state index contributed by atoms with van der Waals surface area (Å²) in [4.78, 5) is 52.1. The Morgan fingerprint density at radius 1 is 1.07 bits per heavy atom. The summed E-state index contributed by atoms with van der Waals surface area (Å²) in [6, 6.07) is 11.1. The number of halogens is 1. The van der Waals surface area contributed by atoms with Crippen LogP contribution in [0.2, 0.25) is 0 Å². The second-order valence-corrected chi connectivity index (χ2v) is 11.2. The second-order valence-electron chi connectivity index (χ2n) is 10.4. The van der Waals surface area contributed by atoms with Gasteiger partial charge in [-0.25, -0.2) is 9.59 Å². The summed E-state index contributed by atoms with van der Waals surface area (Å²) in [7, 11) is 1.23. The zero-order valence-electron chi connectivity index (χ0n) is 23.0. The molecule has 1 saturated heterocycles. The quantitative estimate of drug-likeness (QED) is 0.308. The molecule has 3 rings (SSSR count). The lowest BCUT2D eigenvalue weighted by molar-refractivity contribution is -0.136. The Hall–Kier alpha value is -3.86. The number of esters is 1. The van der Waals surface area contributed by atoms with Crippen molar-refractivity contribution in [2.45, 2.75) is 45.8 Å². The van der Waals surface area contributed by atoms with Crippen LogP contribution < -0.4 is 10.6 Å². The number of phenols is 1. The molecule has 10 nitrogen and oxygen atoms in total. The van der Waals surface area contributed by atoms with E-state index in [0.717, 1.165) is 5.56 Å². The lowest BCUT2D eigenvalue weighted by Crippen LogP contribution is -2.41. The second kappa shape index (κ2) is 13.5. The summed E-state index contributed by atoms with van der Waals surface area (Å²) < 4.78 is 10.7. The van der Waals surface area contributed by atoms with Crippen molar-refractivity contribution in [3.8, 4) is 5.75 Å². The first-order chi connectivity index (χ1) is 18.9. The molecule has 214 valence electrons. The molecule has 3 N–H and O–H groups in total. The van der Waals surface area contributed by atoms with Gasteiger partial charge >= 0.3 is 12.1 Å². The summed E-state index contributed by atoms with van der Waals surface area (Å²) in [5.74, 6) is -1.56. The molecule has 1 heterocycles. The minimum atomic E-state index is -0.693. The number of carbonyl (C=O) groups excluding carboxylic acids is 4. The van der Waals surface area contributed by atoms with Crippen LogP contribution in [0.4, 0.5) is 4.79 Å². The number of aromatic hydroxyl groups is 1. The number of methoxy groups -OCH3 is 1. The Morgan fingerprint density at radius 2 is 1.77 bits per heavy atom. The van der Waals surface area contributed by atoms with E-state index >= 15 is 0 Å². The van der Waals surface area contributed by atoms with Crippen LogP contribution in [-0.4, -0.2) is 59.7 Å². The van der Waals surface area contributed by atoms with Gasteiger partial charge in [-0.05, 0) is 91.4 Å². The first-order valence-electron chi connectivity index (χ1n) is 12.8. The van der Waals surface area contributed by atoms with Gasteiger partial charge < -0.3 is 30.1 Å². The number of rotatable bonds is 7. The molecule has 3 amide bonds. The van der Waals surface area contributed by atoms with Gasteiger partial charge in [0.1, 0.15) is 17.0 Å². The Bertz CT molecular complexity index is 1290. The molecule has 0 spiro atoms. The highest BCUT2D eigenvalue weighted by Crippen LogP contribution is 2.23. The van der Waals surface area contributed by atoms with Crippen molar-refractivity contribution in [2.75, 3.05) is 20.2 Å². The van der Waals surface area contributed by atoms with Gasteiger partial charge in [-0.2, -0.15) is 0 Å². The van der Waals surface area contributed by atoms with E-state index in [9.17, 15) is 24.3 Å². The molecule has 1 fully saturated rings. The standard InChI is InChI=1S/C29H34BrN3O7/c1-29(2,3)40-28(38)33-12-10-18(11-13-33)15-24(27(37)39-4)32-26(36)22-9-8-20(16-23(22)30)25(35)31-17-19-6-5-7-21(34)14-19/h5-9,14-16,18,34H,10-13,17H2,1-4H3,(H,31,35)(H,32,36)/b24-15+. The molecular weight excluding hydrogens is 582 g/mol. The molecule has 2 aromatic carbocycles. The van der Waals surface area contributed by atoms with Crippen molar-refractivity contribution in [3.63, 3.8) is 0 Å². The van der Waals surface area contributed by atoms with Crippen LogP contribution in [0.25, 0.3) is 0 Å². The number of benzene rings is 2. The monoisotopic (exact) mass is 615 g/mol. The fraction of sp³-hybridized carbons (Fsp3) is 0.379. The SMILES string of the molecule is COC(=O)/C(=C\C1CCN(C(=O)OC(C)(C)C)CC1)NC(=O)c1ccc(C(=O)NCc2cccc(O)c2)cc1Br. The number of allylic oxidation sites excluding steroid dienone is 1. The van der Waals surface area contributed by atoms with E-state index in [1.807, 2.05) is 20.8 Å². The number of nitrogens with one attached hydrogen (secondary N) is 2. The lowest BCUT2D eigenvalue weighted by Gasteiger charge is -2.32. The van der Waals surface area contributed by atoms with Crippen molar-refractivity contribution in [3.05, 3.63) is 75.4 Å². The number of piperidine rings is 1. The third-order valence-electron chi connectivity index (χ3n) is 6.09. The summed E-state index contributed by atoms with van der Waals surface area (Å²) >= 11 is 3.35. The van der Waals surface area contributed by atoms with Crippen LogP contribution in [0.3, 0.4) is 0 Å². The average molecular weight is 617 g/mol. The van der Waals surface area contributed by atoms with Crippen molar-refractivity contribution in [1.82, 2.24) is 15.5 Å². The fourth-order valence-corrected chi connectivity index (χ4v) is 4.62. The molecule has 2 aromatic rings. The Kier molecular flexibility index (Phi) is 10.3. The molecule has 0 aromatic heterocycles. The highest BCUT2D eigenvalue weighted by molar-refractivity contribution is 9.10. The first-order valence-corrected chi connectivity index (χ1v) is 13.6. The molecule has 0 unspecified atom stereocenters. The van der Waals surface area contributed by atoms with E-state index in [-0.39, 0.29) is 41.5 Å². The number of amides is 3. The number of hydrogen-bond donors (Lipinski definition) is 3. The van der Waals surface area contributed by atoms with Gasteiger partial charge in [0.2, 0.25) is 0 Å².